The SMILES string of the molecule is Cc1nn(Cc2ccccc2)c(C)c1CNC(=O)CC1CSCCN1.Cl. The lowest BCUT2D eigenvalue weighted by molar-refractivity contribution is -0.121. The first kappa shape index (κ1) is 20.8. The fraction of sp³-hybridized carbons (Fsp3) is 0.474. The summed E-state index contributed by atoms with van der Waals surface area (Å²) in [5, 5.41) is 11.1. The van der Waals surface area contributed by atoms with Crippen LogP contribution < -0.4 is 10.6 Å². The van der Waals surface area contributed by atoms with Gasteiger partial charge in [-0.25, -0.2) is 0 Å². The Morgan fingerprint density at radius 2 is 2.12 bits per heavy atom. The molecule has 1 aromatic heterocycles. The minimum absolute atomic E-state index is 0. The Labute approximate surface area is 165 Å². The van der Waals surface area contributed by atoms with E-state index < -0.39 is 0 Å². The zero-order valence-corrected chi connectivity index (χ0v) is 17.0. The Morgan fingerprint density at radius 1 is 1.35 bits per heavy atom. The summed E-state index contributed by atoms with van der Waals surface area (Å²) >= 11 is 1.91. The molecule has 2 aromatic rings. The predicted molar refractivity (Wildman–Crippen MR) is 110 cm³/mol. The van der Waals surface area contributed by atoms with Gasteiger partial charge in [0.05, 0.1) is 12.2 Å². The van der Waals surface area contributed by atoms with Gasteiger partial charge < -0.3 is 10.6 Å². The summed E-state index contributed by atoms with van der Waals surface area (Å²) in [5.41, 5.74) is 4.45. The van der Waals surface area contributed by atoms with E-state index in [2.05, 4.69) is 34.8 Å². The normalized spacial score (nSPS) is 16.8. The zero-order chi connectivity index (χ0) is 17.6. The Kier molecular flexibility index (Phi) is 8.00. The number of rotatable bonds is 6. The number of benzene rings is 1. The summed E-state index contributed by atoms with van der Waals surface area (Å²) in [6.07, 6.45) is 0.545. The number of amides is 1. The second kappa shape index (κ2) is 10.00. The minimum Gasteiger partial charge on any atom is -0.352 e. The van der Waals surface area contributed by atoms with Crippen molar-refractivity contribution < 1.29 is 4.79 Å². The smallest absolute Gasteiger partial charge is 0.221 e. The molecule has 0 bridgehead atoms. The highest BCUT2D eigenvalue weighted by Crippen LogP contribution is 2.15. The van der Waals surface area contributed by atoms with Crippen molar-refractivity contribution in [2.24, 2.45) is 0 Å². The zero-order valence-electron chi connectivity index (χ0n) is 15.3. The quantitative estimate of drug-likeness (QED) is 0.790. The van der Waals surface area contributed by atoms with Gasteiger partial charge in [-0.1, -0.05) is 30.3 Å². The van der Waals surface area contributed by atoms with Gasteiger partial charge in [-0.2, -0.15) is 16.9 Å². The molecule has 0 saturated carbocycles. The van der Waals surface area contributed by atoms with E-state index in [0.29, 0.717) is 19.0 Å². The molecule has 1 aliphatic heterocycles. The minimum atomic E-state index is 0. The summed E-state index contributed by atoms with van der Waals surface area (Å²) in [6.45, 7) is 6.38. The van der Waals surface area contributed by atoms with Gasteiger partial charge in [-0.3, -0.25) is 9.48 Å². The third kappa shape index (κ3) is 5.50. The van der Waals surface area contributed by atoms with E-state index in [1.807, 2.05) is 41.6 Å². The maximum Gasteiger partial charge on any atom is 0.221 e. The molecule has 26 heavy (non-hydrogen) atoms. The van der Waals surface area contributed by atoms with Crippen molar-refractivity contribution in [1.29, 1.82) is 0 Å². The average Bonchev–Trinajstić information content (AvgIpc) is 2.88. The first-order chi connectivity index (χ1) is 12.1. The maximum atomic E-state index is 12.2. The molecule has 2 heterocycles. The van der Waals surface area contributed by atoms with Crippen molar-refractivity contribution in [1.82, 2.24) is 20.4 Å². The number of thioether (sulfide) groups is 1. The topological polar surface area (TPSA) is 59.0 Å². The molecule has 1 aliphatic rings. The third-order valence-corrected chi connectivity index (χ3v) is 5.73. The maximum absolute atomic E-state index is 12.2. The van der Waals surface area contributed by atoms with Crippen LogP contribution in [0.5, 0.6) is 0 Å². The average molecular weight is 395 g/mol. The summed E-state index contributed by atoms with van der Waals surface area (Å²) < 4.78 is 2.02. The molecule has 1 fully saturated rings. The van der Waals surface area contributed by atoms with Gasteiger partial charge in [-0.15, -0.1) is 12.4 Å². The highest BCUT2D eigenvalue weighted by atomic mass is 35.5. The van der Waals surface area contributed by atoms with Crippen LogP contribution in [0.15, 0.2) is 30.3 Å². The van der Waals surface area contributed by atoms with Crippen molar-refractivity contribution in [2.45, 2.75) is 39.4 Å². The molecule has 3 rings (SSSR count). The number of hydrogen-bond acceptors (Lipinski definition) is 4. The van der Waals surface area contributed by atoms with Crippen LogP contribution in [0.2, 0.25) is 0 Å². The lowest BCUT2D eigenvalue weighted by Gasteiger charge is -2.22. The van der Waals surface area contributed by atoms with Crippen LogP contribution in [0.3, 0.4) is 0 Å². The molecule has 142 valence electrons. The number of carbonyl (C=O) groups excluding carboxylic acids is 1. The highest BCUT2D eigenvalue weighted by Gasteiger charge is 2.18. The molecule has 0 aliphatic carbocycles. The van der Waals surface area contributed by atoms with Crippen molar-refractivity contribution in [3.63, 3.8) is 0 Å². The second-order valence-corrected chi connectivity index (χ2v) is 7.65. The third-order valence-electron chi connectivity index (χ3n) is 4.60. The largest absolute Gasteiger partial charge is 0.352 e. The second-order valence-electron chi connectivity index (χ2n) is 6.50. The Morgan fingerprint density at radius 3 is 2.81 bits per heavy atom. The Balaban J connectivity index is 0.00000243. The number of nitrogens with one attached hydrogen (secondary N) is 2. The van der Waals surface area contributed by atoms with E-state index in [4.69, 9.17) is 0 Å². The lowest BCUT2D eigenvalue weighted by atomic mass is 10.1. The molecule has 0 spiro atoms. The van der Waals surface area contributed by atoms with Crippen LogP contribution in [-0.2, 0) is 17.9 Å². The molecule has 1 saturated heterocycles. The summed E-state index contributed by atoms with van der Waals surface area (Å²) in [7, 11) is 0. The van der Waals surface area contributed by atoms with Crippen LogP contribution in [0.25, 0.3) is 0 Å². The molecule has 1 aromatic carbocycles. The number of halogens is 1. The summed E-state index contributed by atoms with van der Waals surface area (Å²) in [6, 6.07) is 10.6. The van der Waals surface area contributed by atoms with Gasteiger partial charge in [0.1, 0.15) is 0 Å². The fourth-order valence-electron chi connectivity index (χ4n) is 3.13. The molecule has 2 N–H and O–H groups in total. The number of aromatic nitrogens is 2. The number of nitrogens with zero attached hydrogens (tertiary/aromatic N) is 2. The molecule has 1 unspecified atom stereocenters. The molecule has 1 amide bonds. The van der Waals surface area contributed by atoms with Crippen molar-refractivity contribution in [3.05, 3.63) is 52.8 Å². The monoisotopic (exact) mass is 394 g/mol. The number of hydrogen-bond donors (Lipinski definition) is 2. The number of carbonyl (C=O) groups is 1. The Bertz CT molecular complexity index is 714. The standard InChI is InChI=1S/C19H26N4OS.ClH/c1-14-18(11-21-19(24)10-17-13-25-9-8-20-17)15(2)23(22-14)12-16-6-4-3-5-7-16;/h3-7,17,20H,8-13H2,1-2H3,(H,21,24);1H. The van der Waals surface area contributed by atoms with E-state index in [1.165, 1.54) is 5.56 Å². The van der Waals surface area contributed by atoms with Gasteiger partial charge in [-0.05, 0) is 19.4 Å². The summed E-state index contributed by atoms with van der Waals surface area (Å²) in [4.78, 5) is 12.2. The van der Waals surface area contributed by atoms with Gasteiger partial charge in [0.2, 0.25) is 5.91 Å². The van der Waals surface area contributed by atoms with Gasteiger partial charge in [0, 0.05) is 48.3 Å². The molecular weight excluding hydrogens is 368 g/mol. The molecule has 5 nitrogen and oxygen atoms in total. The molecule has 7 heteroatoms. The van der Waals surface area contributed by atoms with E-state index in [-0.39, 0.29) is 18.3 Å². The predicted octanol–water partition coefficient (Wildman–Crippen LogP) is 2.68. The molecule has 0 radical (unpaired) electrons. The Hall–Kier alpha value is -1.50. The fourth-order valence-corrected chi connectivity index (χ4v) is 4.08. The highest BCUT2D eigenvalue weighted by molar-refractivity contribution is 7.99. The van der Waals surface area contributed by atoms with Gasteiger partial charge in [0.15, 0.2) is 0 Å². The molecule has 1 atom stereocenters. The van der Waals surface area contributed by atoms with Gasteiger partial charge >= 0.3 is 0 Å². The van der Waals surface area contributed by atoms with Gasteiger partial charge in [0.25, 0.3) is 0 Å². The van der Waals surface area contributed by atoms with Crippen LogP contribution in [0.4, 0.5) is 0 Å². The van der Waals surface area contributed by atoms with E-state index in [0.717, 1.165) is 41.5 Å². The van der Waals surface area contributed by atoms with Crippen molar-refractivity contribution in [2.75, 3.05) is 18.1 Å². The summed E-state index contributed by atoms with van der Waals surface area (Å²) in [5.74, 6) is 2.26. The van der Waals surface area contributed by atoms with Crippen LogP contribution in [0.1, 0.15) is 28.9 Å². The van der Waals surface area contributed by atoms with Crippen LogP contribution in [-0.4, -0.2) is 39.8 Å². The van der Waals surface area contributed by atoms with Crippen LogP contribution in [0, 0.1) is 13.8 Å². The van der Waals surface area contributed by atoms with Crippen LogP contribution >= 0.6 is 24.2 Å². The number of aryl methyl sites for hydroxylation is 1. The molecular formula is C19H27ClN4OS. The first-order valence-corrected chi connectivity index (χ1v) is 9.93. The first-order valence-electron chi connectivity index (χ1n) is 8.78. The van der Waals surface area contributed by atoms with Crippen molar-refractivity contribution >= 4 is 30.1 Å². The van der Waals surface area contributed by atoms with E-state index in [1.54, 1.807) is 0 Å². The van der Waals surface area contributed by atoms with E-state index >= 15 is 0 Å². The lowest BCUT2D eigenvalue weighted by Crippen LogP contribution is -2.41. The van der Waals surface area contributed by atoms with Crippen molar-refractivity contribution in [3.8, 4) is 0 Å². The van der Waals surface area contributed by atoms with E-state index in [9.17, 15) is 4.79 Å².